The highest BCUT2D eigenvalue weighted by molar-refractivity contribution is 5.88. The zero-order chi connectivity index (χ0) is 25.4. The first kappa shape index (κ1) is 24.5. The molecule has 190 valence electrons. The van der Waals surface area contributed by atoms with E-state index in [1.165, 1.54) is 16.7 Å². The van der Waals surface area contributed by atoms with E-state index in [0.717, 1.165) is 38.5 Å². The first-order valence-corrected chi connectivity index (χ1v) is 13.2. The molecule has 1 N–H and O–H groups in total. The number of cyclic esters (lactones) is 2. The number of hydrogen-bond donors (Lipinski definition) is 1. The van der Waals surface area contributed by atoms with Gasteiger partial charge < -0.3 is 14.6 Å². The number of allylic oxidation sites excluding steroid dienone is 4. The fraction of sp³-hybridized carbons (Fsp3) is 0.667. The van der Waals surface area contributed by atoms with Crippen molar-refractivity contribution in [2.24, 2.45) is 22.7 Å². The molecule has 0 aromatic carbocycles. The Labute approximate surface area is 209 Å². The van der Waals surface area contributed by atoms with Crippen LogP contribution in [0.3, 0.4) is 0 Å². The molecular formula is C30H40O5. The topological polar surface area (TPSA) is 72.8 Å². The Hall–Kier alpha value is -2.14. The predicted octanol–water partition coefficient (Wildman–Crippen LogP) is 5.74. The van der Waals surface area contributed by atoms with Crippen LogP contribution in [-0.4, -0.2) is 34.4 Å². The molecule has 0 radical (unpaired) electrons. The molecule has 1 saturated carbocycles. The number of fused-ring (bicyclic) bond motifs is 3. The number of carbonyl (C=O) groups excluding carboxylic acids is 2. The molecule has 6 atom stereocenters. The van der Waals surface area contributed by atoms with Gasteiger partial charge in [-0.2, -0.15) is 0 Å². The van der Waals surface area contributed by atoms with E-state index in [1.807, 2.05) is 32.9 Å². The summed E-state index contributed by atoms with van der Waals surface area (Å²) in [4.78, 5) is 24.4. The van der Waals surface area contributed by atoms with Gasteiger partial charge in [-0.25, -0.2) is 9.59 Å². The molecule has 5 aliphatic rings. The van der Waals surface area contributed by atoms with Gasteiger partial charge in [-0.1, -0.05) is 37.6 Å². The molecule has 0 amide bonds. The van der Waals surface area contributed by atoms with Gasteiger partial charge in [-0.05, 0) is 94.1 Å². The number of aliphatic hydroxyl groups is 1. The summed E-state index contributed by atoms with van der Waals surface area (Å²) >= 11 is 0. The molecule has 6 unspecified atom stereocenters. The Balaban J connectivity index is 1.50. The van der Waals surface area contributed by atoms with Crippen LogP contribution in [0, 0.1) is 22.7 Å². The monoisotopic (exact) mass is 480 g/mol. The van der Waals surface area contributed by atoms with Gasteiger partial charge in [0.2, 0.25) is 0 Å². The van der Waals surface area contributed by atoms with Crippen molar-refractivity contribution in [3.05, 3.63) is 46.6 Å². The van der Waals surface area contributed by atoms with Gasteiger partial charge in [-0.3, -0.25) is 0 Å². The van der Waals surface area contributed by atoms with Crippen molar-refractivity contribution < 1.29 is 24.2 Å². The van der Waals surface area contributed by atoms with Crippen LogP contribution in [0.4, 0.5) is 0 Å². The molecule has 0 aromatic heterocycles. The Morgan fingerprint density at radius 1 is 1.06 bits per heavy atom. The predicted molar refractivity (Wildman–Crippen MR) is 134 cm³/mol. The Kier molecular flexibility index (Phi) is 5.56. The summed E-state index contributed by atoms with van der Waals surface area (Å²) in [5.41, 5.74) is 2.95. The standard InChI is InChI=1S/C30H40O5/c1-18-7-11-24(34-26(18)32)30(6,33)23-14-16-28(4)22-10-9-21-19(8-12-25(31)35-27(21,2)3)17-20(22)13-15-29(23,28)5/h7-8,12,17,21,23-24,33H,9-11,13-16H2,1-6H3. The van der Waals surface area contributed by atoms with E-state index in [9.17, 15) is 14.7 Å². The molecule has 2 aliphatic heterocycles. The SMILES string of the molecule is CC1=CCC(C(C)(O)C2CCC3(C)C4=C(C=C5C=CC(=O)OC(C)(C)C5CC4)CCC23C)OC1=O. The Bertz CT molecular complexity index is 1090. The van der Waals surface area contributed by atoms with Gasteiger partial charge in [0.05, 0.1) is 0 Å². The molecule has 0 aromatic rings. The Morgan fingerprint density at radius 3 is 2.51 bits per heavy atom. The molecule has 2 heterocycles. The van der Waals surface area contributed by atoms with Crippen LogP contribution >= 0.6 is 0 Å². The van der Waals surface area contributed by atoms with Crippen LogP contribution in [0.25, 0.3) is 0 Å². The smallest absolute Gasteiger partial charge is 0.333 e. The number of carbonyl (C=O) groups is 2. The van der Waals surface area contributed by atoms with E-state index in [-0.39, 0.29) is 34.6 Å². The summed E-state index contributed by atoms with van der Waals surface area (Å²) < 4.78 is 11.5. The van der Waals surface area contributed by atoms with Crippen LogP contribution in [0.1, 0.15) is 86.5 Å². The van der Waals surface area contributed by atoms with Gasteiger partial charge in [0.25, 0.3) is 0 Å². The summed E-state index contributed by atoms with van der Waals surface area (Å²) in [6.45, 7) is 12.5. The molecule has 5 heteroatoms. The summed E-state index contributed by atoms with van der Waals surface area (Å²) in [7, 11) is 0. The fourth-order valence-corrected chi connectivity index (χ4v) is 8.22. The lowest BCUT2D eigenvalue weighted by Gasteiger charge is -2.54. The minimum absolute atomic E-state index is 0.0369. The first-order valence-electron chi connectivity index (χ1n) is 13.2. The van der Waals surface area contributed by atoms with Crippen molar-refractivity contribution in [2.75, 3.05) is 0 Å². The van der Waals surface area contributed by atoms with Crippen LogP contribution in [-0.2, 0) is 19.1 Å². The number of esters is 2. The number of hydrogen-bond acceptors (Lipinski definition) is 5. The lowest BCUT2D eigenvalue weighted by Crippen LogP contribution is -2.55. The average molecular weight is 481 g/mol. The third kappa shape index (κ3) is 3.60. The van der Waals surface area contributed by atoms with Crippen molar-refractivity contribution in [1.29, 1.82) is 0 Å². The van der Waals surface area contributed by atoms with Crippen molar-refractivity contribution in [3.63, 3.8) is 0 Å². The lowest BCUT2D eigenvalue weighted by molar-refractivity contribution is -0.178. The number of rotatable bonds is 2. The van der Waals surface area contributed by atoms with Gasteiger partial charge in [-0.15, -0.1) is 0 Å². The highest BCUT2D eigenvalue weighted by atomic mass is 16.6. The summed E-state index contributed by atoms with van der Waals surface area (Å²) in [6.07, 6.45) is 13.6. The second-order valence-corrected chi connectivity index (χ2v) is 12.7. The van der Waals surface area contributed by atoms with Crippen molar-refractivity contribution >= 4 is 11.9 Å². The van der Waals surface area contributed by atoms with Gasteiger partial charge in [0, 0.05) is 24.0 Å². The van der Waals surface area contributed by atoms with Crippen LogP contribution in [0.5, 0.6) is 0 Å². The maximum atomic E-state index is 12.3. The second-order valence-electron chi connectivity index (χ2n) is 12.7. The molecule has 1 fully saturated rings. The van der Waals surface area contributed by atoms with E-state index in [2.05, 4.69) is 19.9 Å². The maximum Gasteiger partial charge on any atom is 0.333 e. The van der Waals surface area contributed by atoms with Crippen LogP contribution in [0.15, 0.2) is 46.6 Å². The molecular weight excluding hydrogens is 440 g/mol. The Morgan fingerprint density at radius 2 is 1.80 bits per heavy atom. The molecule has 5 nitrogen and oxygen atoms in total. The summed E-state index contributed by atoms with van der Waals surface area (Å²) in [6, 6.07) is 0. The van der Waals surface area contributed by atoms with Crippen LogP contribution < -0.4 is 0 Å². The van der Waals surface area contributed by atoms with Gasteiger partial charge in [0.15, 0.2) is 0 Å². The van der Waals surface area contributed by atoms with Crippen LogP contribution in [0.2, 0.25) is 0 Å². The number of ether oxygens (including phenoxy) is 2. The zero-order valence-corrected chi connectivity index (χ0v) is 22.1. The largest absolute Gasteiger partial charge is 0.456 e. The third-order valence-corrected chi connectivity index (χ3v) is 10.5. The second kappa shape index (κ2) is 7.93. The third-order valence-electron chi connectivity index (χ3n) is 10.5. The van der Waals surface area contributed by atoms with E-state index in [1.54, 1.807) is 13.0 Å². The van der Waals surface area contributed by atoms with Gasteiger partial charge in [0.1, 0.15) is 17.3 Å². The van der Waals surface area contributed by atoms with Crippen molar-refractivity contribution in [1.82, 2.24) is 0 Å². The van der Waals surface area contributed by atoms with Gasteiger partial charge >= 0.3 is 11.9 Å². The molecule has 5 rings (SSSR count). The molecule has 0 saturated heterocycles. The maximum absolute atomic E-state index is 12.3. The highest BCUT2D eigenvalue weighted by Gasteiger charge is 2.63. The molecule has 35 heavy (non-hydrogen) atoms. The summed E-state index contributed by atoms with van der Waals surface area (Å²) in [5, 5.41) is 11.9. The van der Waals surface area contributed by atoms with E-state index >= 15 is 0 Å². The molecule has 0 spiro atoms. The van der Waals surface area contributed by atoms with Crippen molar-refractivity contribution in [3.8, 4) is 0 Å². The van der Waals surface area contributed by atoms with E-state index in [0.29, 0.717) is 12.0 Å². The quantitative estimate of drug-likeness (QED) is 0.510. The minimum Gasteiger partial charge on any atom is -0.456 e. The summed E-state index contributed by atoms with van der Waals surface area (Å²) in [5.74, 6) is -0.387. The minimum atomic E-state index is -1.09. The normalized spacial score (nSPS) is 40.1. The van der Waals surface area contributed by atoms with E-state index in [4.69, 9.17) is 9.47 Å². The average Bonchev–Trinajstić information content (AvgIpc) is 2.88. The lowest BCUT2D eigenvalue weighted by atomic mass is 9.52. The fourth-order valence-electron chi connectivity index (χ4n) is 8.22. The van der Waals surface area contributed by atoms with E-state index < -0.39 is 17.3 Å². The zero-order valence-electron chi connectivity index (χ0n) is 22.1. The first-order chi connectivity index (χ1) is 16.3. The highest BCUT2D eigenvalue weighted by Crippen LogP contribution is 2.69. The molecule has 0 bridgehead atoms. The molecule has 3 aliphatic carbocycles. The van der Waals surface area contributed by atoms with Crippen molar-refractivity contribution in [2.45, 2.75) is 104 Å².